The lowest BCUT2D eigenvalue weighted by atomic mass is 10.2. The van der Waals surface area contributed by atoms with Crippen LogP contribution in [0.3, 0.4) is 0 Å². The SMILES string of the molecule is NC(=S)c1cccc(NC(=O)c2cn[nH]c2)c1. The smallest absolute Gasteiger partial charge is 0.258 e. The highest BCUT2D eigenvalue weighted by molar-refractivity contribution is 7.80. The molecule has 2 aromatic rings. The Kier molecular flexibility index (Phi) is 3.15. The largest absolute Gasteiger partial charge is 0.389 e. The van der Waals surface area contributed by atoms with Crippen LogP contribution in [-0.4, -0.2) is 21.1 Å². The van der Waals surface area contributed by atoms with E-state index in [1.807, 2.05) is 0 Å². The van der Waals surface area contributed by atoms with Gasteiger partial charge in [0.1, 0.15) is 4.99 Å². The fraction of sp³-hybridized carbons (Fsp3) is 0. The number of carbonyl (C=O) groups is 1. The molecular formula is C11H10N4OS. The van der Waals surface area contributed by atoms with Crippen LogP contribution >= 0.6 is 12.2 Å². The number of anilines is 1. The van der Waals surface area contributed by atoms with Crippen LogP contribution in [0.4, 0.5) is 5.69 Å². The maximum atomic E-state index is 11.7. The highest BCUT2D eigenvalue weighted by Crippen LogP contribution is 2.11. The zero-order chi connectivity index (χ0) is 12.3. The first-order valence-electron chi connectivity index (χ1n) is 4.87. The minimum Gasteiger partial charge on any atom is -0.389 e. The lowest BCUT2D eigenvalue weighted by Gasteiger charge is -2.05. The zero-order valence-corrected chi connectivity index (χ0v) is 9.62. The minimum atomic E-state index is -0.237. The van der Waals surface area contributed by atoms with Crippen molar-refractivity contribution in [3.8, 4) is 0 Å². The van der Waals surface area contributed by atoms with Gasteiger partial charge in [-0.15, -0.1) is 0 Å². The number of hydrogen-bond acceptors (Lipinski definition) is 3. The van der Waals surface area contributed by atoms with E-state index in [0.717, 1.165) is 0 Å². The number of rotatable bonds is 3. The van der Waals surface area contributed by atoms with Crippen LogP contribution in [0.25, 0.3) is 0 Å². The standard InChI is InChI=1S/C11H10N4OS/c12-10(17)7-2-1-3-9(4-7)15-11(16)8-5-13-14-6-8/h1-6H,(H2,12,17)(H,13,14)(H,15,16). The highest BCUT2D eigenvalue weighted by atomic mass is 32.1. The van der Waals surface area contributed by atoms with Crippen molar-refractivity contribution in [2.75, 3.05) is 5.32 Å². The molecule has 0 saturated carbocycles. The molecule has 1 heterocycles. The summed E-state index contributed by atoms with van der Waals surface area (Å²) in [6.07, 6.45) is 2.97. The molecule has 2 rings (SSSR count). The van der Waals surface area contributed by atoms with E-state index in [1.54, 1.807) is 24.3 Å². The molecule has 0 radical (unpaired) electrons. The van der Waals surface area contributed by atoms with Crippen LogP contribution in [0.2, 0.25) is 0 Å². The lowest BCUT2D eigenvalue weighted by molar-refractivity contribution is 0.102. The Hall–Kier alpha value is -2.21. The predicted octanol–water partition coefficient (Wildman–Crippen LogP) is 1.30. The summed E-state index contributed by atoms with van der Waals surface area (Å²) >= 11 is 4.87. The minimum absolute atomic E-state index is 0.237. The second-order valence-corrected chi connectivity index (χ2v) is 3.83. The Bertz CT molecular complexity index is 550. The molecule has 6 heteroatoms. The Labute approximate surface area is 103 Å². The van der Waals surface area contributed by atoms with Gasteiger partial charge < -0.3 is 11.1 Å². The Morgan fingerprint density at radius 1 is 1.41 bits per heavy atom. The van der Waals surface area contributed by atoms with Crippen LogP contribution in [0, 0.1) is 0 Å². The maximum absolute atomic E-state index is 11.7. The van der Waals surface area contributed by atoms with Crippen molar-refractivity contribution in [2.45, 2.75) is 0 Å². The predicted molar refractivity (Wildman–Crippen MR) is 68.9 cm³/mol. The Balaban J connectivity index is 2.16. The van der Waals surface area contributed by atoms with Gasteiger partial charge in [-0.05, 0) is 12.1 Å². The van der Waals surface area contributed by atoms with Crippen molar-refractivity contribution in [3.05, 3.63) is 47.8 Å². The number of nitrogens with zero attached hydrogens (tertiary/aromatic N) is 1. The molecule has 0 saturated heterocycles. The van der Waals surface area contributed by atoms with E-state index in [9.17, 15) is 4.79 Å². The van der Waals surface area contributed by atoms with Gasteiger partial charge in [-0.1, -0.05) is 24.4 Å². The van der Waals surface area contributed by atoms with Crippen LogP contribution < -0.4 is 11.1 Å². The molecule has 0 aliphatic heterocycles. The van der Waals surface area contributed by atoms with E-state index in [2.05, 4.69) is 15.5 Å². The first kappa shape index (κ1) is 11.3. The summed E-state index contributed by atoms with van der Waals surface area (Å²) in [7, 11) is 0. The number of hydrogen-bond donors (Lipinski definition) is 3. The van der Waals surface area contributed by atoms with Gasteiger partial charge in [0.15, 0.2) is 0 Å². The molecule has 17 heavy (non-hydrogen) atoms. The lowest BCUT2D eigenvalue weighted by Crippen LogP contribution is -2.13. The van der Waals surface area contributed by atoms with E-state index in [0.29, 0.717) is 21.8 Å². The molecule has 1 amide bonds. The molecule has 86 valence electrons. The van der Waals surface area contributed by atoms with Gasteiger partial charge in [0, 0.05) is 17.4 Å². The number of amides is 1. The summed E-state index contributed by atoms with van der Waals surface area (Å²) in [4.78, 5) is 12.0. The molecule has 4 N–H and O–H groups in total. The van der Waals surface area contributed by atoms with E-state index >= 15 is 0 Å². The van der Waals surface area contributed by atoms with Crippen molar-refractivity contribution in [1.29, 1.82) is 0 Å². The first-order valence-corrected chi connectivity index (χ1v) is 5.27. The summed E-state index contributed by atoms with van der Waals surface area (Å²) in [6.45, 7) is 0. The van der Waals surface area contributed by atoms with Gasteiger partial charge >= 0.3 is 0 Å². The van der Waals surface area contributed by atoms with E-state index < -0.39 is 0 Å². The highest BCUT2D eigenvalue weighted by Gasteiger charge is 2.07. The van der Waals surface area contributed by atoms with Crippen LogP contribution in [0.15, 0.2) is 36.7 Å². The van der Waals surface area contributed by atoms with Crippen molar-refractivity contribution >= 4 is 28.8 Å². The molecule has 0 aliphatic rings. The van der Waals surface area contributed by atoms with E-state index in [1.165, 1.54) is 12.4 Å². The number of thiocarbonyl (C=S) groups is 1. The van der Waals surface area contributed by atoms with E-state index in [4.69, 9.17) is 18.0 Å². The molecule has 0 spiro atoms. The second-order valence-electron chi connectivity index (χ2n) is 3.39. The third-order valence-corrected chi connectivity index (χ3v) is 2.40. The molecular weight excluding hydrogens is 236 g/mol. The van der Waals surface area contributed by atoms with Crippen LogP contribution in [0.1, 0.15) is 15.9 Å². The summed E-state index contributed by atoms with van der Waals surface area (Å²) in [5.41, 5.74) is 7.33. The summed E-state index contributed by atoms with van der Waals surface area (Å²) in [5, 5.41) is 9.00. The van der Waals surface area contributed by atoms with Gasteiger partial charge in [0.25, 0.3) is 5.91 Å². The number of nitrogens with one attached hydrogen (secondary N) is 2. The fourth-order valence-electron chi connectivity index (χ4n) is 1.33. The molecule has 1 aromatic heterocycles. The zero-order valence-electron chi connectivity index (χ0n) is 8.81. The third kappa shape index (κ3) is 2.67. The average Bonchev–Trinajstić information content (AvgIpc) is 2.82. The van der Waals surface area contributed by atoms with Crippen molar-refractivity contribution < 1.29 is 4.79 Å². The Morgan fingerprint density at radius 3 is 2.88 bits per heavy atom. The molecule has 0 aliphatic carbocycles. The van der Waals surface area contributed by atoms with Gasteiger partial charge in [-0.3, -0.25) is 9.89 Å². The second kappa shape index (κ2) is 4.75. The third-order valence-electron chi connectivity index (χ3n) is 2.17. The van der Waals surface area contributed by atoms with Crippen LogP contribution in [0.5, 0.6) is 0 Å². The number of H-pyrrole nitrogens is 1. The van der Waals surface area contributed by atoms with Gasteiger partial charge in [0.2, 0.25) is 0 Å². The molecule has 5 nitrogen and oxygen atoms in total. The van der Waals surface area contributed by atoms with Crippen molar-refractivity contribution in [3.63, 3.8) is 0 Å². The molecule has 0 bridgehead atoms. The van der Waals surface area contributed by atoms with Crippen molar-refractivity contribution in [1.82, 2.24) is 10.2 Å². The number of carbonyl (C=O) groups excluding carboxylic acids is 1. The van der Waals surface area contributed by atoms with Crippen molar-refractivity contribution in [2.24, 2.45) is 5.73 Å². The quantitative estimate of drug-likeness (QED) is 0.713. The molecule has 0 atom stereocenters. The average molecular weight is 246 g/mol. The fourth-order valence-corrected chi connectivity index (χ4v) is 1.46. The van der Waals surface area contributed by atoms with Gasteiger partial charge in [-0.25, -0.2) is 0 Å². The molecule has 0 fully saturated rings. The normalized spacial score (nSPS) is 9.88. The first-order chi connectivity index (χ1) is 8.16. The number of benzene rings is 1. The summed E-state index contributed by atoms with van der Waals surface area (Å²) < 4.78 is 0. The number of nitrogens with two attached hydrogens (primary N) is 1. The van der Waals surface area contributed by atoms with E-state index in [-0.39, 0.29) is 5.91 Å². The summed E-state index contributed by atoms with van der Waals surface area (Å²) in [5.74, 6) is -0.237. The molecule has 1 aromatic carbocycles. The topological polar surface area (TPSA) is 83.8 Å². The number of aromatic amines is 1. The Morgan fingerprint density at radius 2 is 2.24 bits per heavy atom. The maximum Gasteiger partial charge on any atom is 0.258 e. The number of aromatic nitrogens is 2. The summed E-state index contributed by atoms with van der Waals surface area (Å²) in [6, 6.07) is 7.05. The molecule has 0 unspecified atom stereocenters. The monoisotopic (exact) mass is 246 g/mol. The van der Waals surface area contributed by atoms with Gasteiger partial charge in [-0.2, -0.15) is 5.10 Å². The van der Waals surface area contributed by atoms with Gasteiger partial charge in [0.05, 0.1) is 11.8 Å². The van der Waals surface area contributed by atoms with Crippen LogP contribution in [-0.2, 0) is 0 Å².